The van der Waals surface area contributed by atoms with Gasteiger partial charge in [-0.2, -0.15) is 8.42 Å². The van der Waals surface area contributed by atoms with Crippen LogP contribution < -0.4 is 4.74 Å². The van der Waals surface area contributed by atoms with Crippen LogP contribution in [0.1, 0.15) is 12.8 Å². The molecule has 0 N–H and O–H groups in total. The van der Waals surface area contributed by atoms with Crippen LogP contribution >= 0.6 is 23.2 Å². The van der Waals surface area contributed by atoms with E-state index in [1.807, 2.05) is 0 Å². The van der Waals surface area contributed by atoms with E-state index in [0.717, 1.165) is 25.9 Å². The standard InChI is InChI=1S/C14H19Cl2NO4S/c1-20-22(18,19)9-8-17-6-4-11(5-7-17)21-12-2-3-13(15)14(16)10-12/h2-3,10-11H,4-9H2,1H3. The summed E-state index contributed by atoms with van der Waals surface area (Å²) in [5.74, 6) is 0.719. The number of ether oxygens (including phenoxy) is 1. The molecule has 0 aliphatic carbocycles. The van der Waals surface area contributed by atoms with Gasteiger partial charge in [0.1, 0.15) is 11.9 Å². The molecule has 1 aromatic rings. The second kappa shape index (κ2) is 7.84. The number of halogens is 2. The van der Waals surface area contributed by atoms with Gasteiger partial charge in [-0.05, 0) is 25.0 Å². The van der Waals surface area contributed by atoms with Crippen molar-refractivity contribution < 1.29 is 17.3 Å². The molecule has 0 bridgehead atoms. The zero-order chi connectivity index (χ0) is 16.2. The summed E-state index contributed by atoms with van der Waals surface area (Å²) in [7, 11) is -2.20. The average Bonchev–Trinajstić information content (AvgIpc) is 2.50. The van der Waals surface area contributed by atoms with E-state index >= 15 is 0 Å². The summed E-state index contributed by atoms with van der Waals surface area (Å²) < 4.78 is 33.0. The molecule has 0 radical (unpaired) electrons. The molecule has 124 valence electrons. The van der Waals surface area contributed by atoms with Crippen molar-refractivity contribution in [2.75, 3.05) is 32.5 Å². The van der Waals surface area contributed by atoms with Crippen molar-refractivity contribution in [3.05, 3.63) is 28.2 Å². The molecule has 22 heavy (non-hydrogen) atoms. The lowest BCUT2D eigenvalue weighted by Gasteiger charge is -2.31. The van der Waals surface area contributed by atoms with E-state index in [1.54, 1.807) is 18.2 Å². The first-order valence-corrected chi connectivity index (χ1v) is 9.35. The Morgan fingerprint density at radius 1 is 1.23 bits per heavy atom. The van der Waals surface area contributed by atoms with Gasteiger partial charge in [-0.25, -0.2) is 0 Å². The summed E-state index contributed by atoms with van der Waals surface area (Å²) in [6.07, 6.45) is 1.79. The molecule has 1 fully saturated rings. The molecule has 0 amide bonds. The molecule has 2 rings (SSSR count). The molecule has 0 unspecified atom stereocenters. The molecule has 5 nitrogen and oxygen atoms in total. The number of rotatable bonds is 6. The molecule has 0 aromatic heterocycles. The number of likely N-dealkylation sites (tertiary alicyclic amines) is 1. The average molecular weight is 368 g/mol. The van der Waals surface area contributed by atoms with Gasteiger partial charge >= 0.3 is 0 Å². The lowest BCUT2D eigenvalue weighted by Crippen LogP contribution is -2.40. The van der Waals surface area contributed by atoms with Crippen molar-refractivity contribution in [1.82, 2.24) is 4.90 Å². The summed E-state index contributed by atoms with van der Waals surface area (Å²) in [5.41, 5.74) is 0. The first kappa shape index (κ1) is 17.8. The summed E-state index contributed by atoms with van der Waals surface area (Å²) >= 11 is 11.8. The first-order valence-electron chi connectivity index (χ1n) is 7.02. The molecule has 1 aliphatic heterocycles. The van der Waals surface area contributed by atoms with Gasteiger partial charge in [0.25, 0.3) is 10.1 Å². The maximum atomic E-state index is 11.3. The summed E-state index contributed by atoms with van der Waals surface area (Å²) in [5, 5.41) is 0.976. The Labute approximate surface area is 141 Å². The molecule has 0 atom stereocenters. The fourth-order valence-electron chi connectivity index (χ4n) is 2.32. The molecular weight excluding hydrogens is 349 g/mol. The molecule has 0 spiro atoms. The second-order valence-corrected chi connectivity index (χ2v) is 7.83. The highest BCUT2D eigenvalue weighted by Gasteiger charge is 2.22. The lowest BCUT2D eigenvalue weighted by molar-refractivity contribution is 0.104. The number of piperidine rings is 1. The highest BCUT2D eigenvalue weighted by molar-refractivity contribution is 7.86. The van der Waals surface area contributed by atoms with Gasteiger partial charge in [0.15, 0.2) is 0 Å². The van der Waals surface area contributed by atoms with Crippen LogP contribution in [0.25, 0.3) is 0 Å². The van der Waals surface area contributed by atoms with Crippen LogP contribution in [-0.2, 0) is 14.3 Å². The van der Waals surface area contributed by atoms with Gasteiger partial charge in [-0.1, -0.05) is 23.2 Å². The van der Waals surface area contributed by atoms with Crippen LogP contribution in [0.5, 0.6) is 5.75 Å². The van der Waals surface area contributed by atoms with Crippen LogP contribution in [0.3, 0.4) is 0 Å². The third-order valence-corrected chi connectivity index (χ3v) is 5.57. The third-order valence-electron chi connectivity index (χ3n) is 3.64. The van der Waals surface area contributed by atoms with E-state index in [1.165, 1.54) is 7.11 Å². The second-order valence-electron chi connectivity index (χ2n) is 5.16. The van der Waals surface area contributed by atoms with Crippen molar-refractivity contribution in [1.29, 1.82) is 0 Å². The summed E-state index contributed by atoms with van der Waals surface area (Å²) in [6, 6.07) is 5.22. The molecule has 1 aliphatic rings. The van der Waals surface area contributed by atoms with E-state index in [-0.39, 0.29) is 11.9 Å². The van der Waals surface area contributed by atoms with Gasteiger partial charge in [-0.3, -0.25) is 4.18 Å². The minimum Gasteiger partial charge on any atom is -0.490 e. The predicted octanol–water partition coefficient (Wildman–Crippen LogP) is 2.81. The monoisotopic (exact) mass is 367 g/mol. The summed E-state index contributed by atoms with van der Waals surface area (Å²) in [4.78, 5) is 2.10. The third kappa shape index (κ3) is 5.28. The van der Waals surface area contributed by atoms with Gasteiger partial charge < -0.3 is 9.64 Å². The van der Waals surface area contributed by atoms with Crippen LogP contribution in [0, 0.1) is 0 Å². The Balaban J connectivity index is 1.78. The van der Waals surface area contributed by atoms with E-state index in [0.29, 0.717) is 22.3 Å². The fourth-order valence-corrected chi connectivity index (χ4v) is 3.25. The fraction of sp³-hybridized carbons (Fsp3) is 0.571. The van der Waals surface area contributed by atoms with Crippen molar-refractivity contribution in [2.45, 2.75) is 18.9 Å². The van der Waals surface area contributed by atoms with E-state index in [2.05, 4.69) is 9.08 Å². The highest BCUT2D eigenvalue weighted by atomic mass is 35.5. The van der Waals surface area contributed by atoms with E-state index < -0.39 is 10.1 Å². The maximum absolute atomic E-state index is 11.3. The van der Waals surface area contributed by atoms with Gasteiger partial charge in [0.05, 0.1) is 22.9 Å². The minimum absolute atomic E-state index is 0.0157. The van der Waals surface area contributed by atoms with E-state index in [9.17, 15) is 8.42 Å². The normalized spacial score (nSPS) is 17.6. The van der Waals surface area contributed by atoms with Gasteiger partial charge in [0, 0.05) is 25.7 Å². The molecule has 1 heterocycles. The van der Waals surface area contributed by atoms with Crippen molar-refractivity contribution >= 4 is 33.3 Å². The van der Waals surface area contributed by atoms with Crippen LogP contribution in [0.2, 0.25) is 10.0 Å². The van der Waals surface area contributed by atoms with Gasteiger partial charge in [0.2, 0.25) is 0 Å². The number of hydrogen-bond acceptors (Lipinski definition) is 5. The van der Waals surface area contributed by atoms with Gasteiger partial charge in [-0.15, -0.1) is 0 Å². The quantitative estimate of drug-likeness (QED) is 0.723. The number of benzene rings is 1. The minimum atomic E-state index is -3.39. The Morgan fingerprint density at radius 2 is 1.91 bits per heavy atom. The van der Waals surface area contributed by atoms with E-state index in [4.69, 9.17) is 27.9 Å². The Bertz CT molecular complexity index is 601. The largest absolute Gasteiger partial charge is 0.490 e. The Kier molecular flexibility index (Phi) is 6.35. The van der Waals surface area contributed by atoms with Crippen molar-refractivity contribution in [3.63, 3.8) is 0 Å². The molecular formula is C14H19Cl2NO4S. The zero-order valence-corrected chi connectivity index (χ0v) is 14.6. The highest BCUT2D eigenvalue weighted by Crippen LogP contribution is 2.28. The molecule has 0 saturated carbocycles. The van der Waals surface area contributed by atoms with Crippen LogP contribution in [0.15, 0.2) is 18.2 Å². The molecule has 8 heteroatoms. The maximum Gasteiger partial charge on any atom is 0.268 e. The number of hydrogen-bond donors (Lipinski definition) is 0. The zero-order valence-electron chi connectivity index (χ0n) is 12.3. The predicted molar refractivity (Wildman–Crippen MR) is 87.3 cm³/mol. The topological polar surface area (TPSA) is 55.8 Å². The summed E-state index contributed by atoms with van der Waals surface area (Å²) in [6.45, 7) is 2.08. The Hall–Kier alpha value is -0.530. The Morgan fingerprint density at radius 3 is 2.50 bits per heavy atom. The lowest BCUT2D eigenvalue weighted by atomic mass is 10.1. The van der Waals surface area contributed by atoms with Crippen LogP contribution in [-0.4, -0.2) is 51.9 Å². The molecule has 1 saturated heterocycles. The van der Waals surface area contributed by atoms with Crippen LogP contribution in [0.4, 0.5) is 0 Å². The molecule has 1 aromatic carbocycles. The van der Waals surface area contributed by atoms with Crippen molar-refractivity contribution in [2.24, 2.45) is 0 Å². The van der Waals surface area contributed by atoms with Crippen molar-refractivity contribution in [3.8, 4) is 5.75 Å². The smallest absolute Gasteiger partial charge is 0.268 e. The SMILES string of the molecule is COS(=O)(=O)CCN1CCC(Oc2ccc(Cl)c(Cl)c2)CC1. The number of nitrogens with zero attached hydrogens (tertiary/aromatic N) is 1. The first-order chi connectivity index (χ1) is 10.4.